The van der Waals surface area contributed by atoms with Crippen molar-refractivity contribution < 1.29 is 14.3 Å². The SMILES string of the molecule is CC(C)(C)OC(=O)N1CCC(c2ccccc2C2CCOCC2)CC1. The molecule has 2 heterocycles. The molecule has 4 nitrogen and oxygen atoms in total. The molecule has 1 amide bonds. The first kappa shape index (κ1) is 18.2. The van der Waals surface area contributed by atoms with Gasteiger partial charge in [-0.05, 0) is 69.4 Å². The number of ether oxygens (including phenoxy) is 2. The molecule has 0 aliphatic carbocycles. The molecule has 1 aromatic rings. The van der Waals surface area contributed by atoms with Crippen molar-refractivity contribution in [1.29, 1.82) is 0 Å². The van der Waals surface area contributed by atoms with Gasteiger partial charge in [0.1, 0.15) is 5.60 Å². The van der Waals surface area contributed by atoms with Crippen molar-refractivity contribution in [3.8, 4) is 0 Å². The zero-order valence-electron chi connectivity index (χ0n) is 15.8. The van der Waals surface area contributed by atoms with Gasteiger partial charge in [-0.25, -0.2) is 4.79 Å². The van der Waals surface area contributed by atoms with Crippen LogP contribution in [0.2, 0.25) is 0 Å². The first-order chi connectivity index (χ1) is 11.9. The molecule has 138 valence electrons. The molecule has 0 bridgehead atoms. The fourth-order valence-corrected chi connectivity index (χ4v) is 3.96. The molecular formula is C21H31NO3. The molecule has 0 atom stereocenters. The number of likely N-dealkylation sites (tertiary alicyclic amines) is 1. The van der Waals surface area contributed by atoms with E-state index in [1.165, 1.54) is 11.1 Å². The van der Waals surface area contributed by atoms with E-state index >= 15 is 0 Å². The Morgan fingerprint density at radius 2 is 1.52 bits per heavy atom. The zero-order valence-corrected chi connectivity index (χ0v) is 15.8. The second-order valence-corrected chi connectivity index (χ2v) is 8.26. The van der Waals surface area contributed by atoms with Crippen molar-refractivity contribution in [3.05, 3.63) is 35.4 Å². The molecule has 3 rings (SSSR count). The summed E-state index contributed by atoms with van der Waals surface area (Å²) in [4.78, 5) is 14.1. The van der Waals surface area contributed by atoms with Crippen LogP contribution in [0.1, 0.15) is 69.4 Å². The lowest BCUT2D eigenvalue weighted by Gasteiger charge is -2.35. The zero-order chi connectivity index (χ0) is 17.9. The monoisotopic (exact) mass is 345 g/mol. The van der Waals surface area contributed by atoms with E-state index in [1.54, 1.807) is 0 Å². The number of carbonyl (C=O) groups excluding carboxylic acids is 1. The Labute approximate surface area is 151 Å². The van der Waals surface area contributed by atoms with Crippen molar-refractivity contribution in [2.75, 3.05) is 26.3 Å². The maximum atomic E-state index is 12.3. The van der Waals surface area contributed by atoms with Crippen LogP contribution < -0.4 is 0 Å². The molecule has 0 N–H and O–H groups in total. The topological polar surface area (TPSA) is 38.8 Å². The summed E-state index contributed by atoms with van der Waals surface area (Å²) in [6.07, 6.45) is 4.09. The maximum Gasteiger partial charge on any atom is 0.410 e. The minimum atomic E-state index is -0.427. The highest BCUT2D eigenvalue weighted by atomic mass is 16.6. The number of rotatable bonds is 2. The Balaban J connectivity index is 1.64. The molecule has 2 saturated heterocycles. The van der Waals surface area contributed by atoms with Crippen LogP contribution in [0, 0.1) is 0 Å². The predicted molar refractivity (Wildman–Crippen MR) is 99.0 cm³/mol. The van der Waals surface area contributed by atoms with E-state index in [9.17, 15) is 4.79 Å². The molecule has 25 heavy (non-hydrogen) atoms. The molecular weight excluding hydrogens is 314 g/mol. The number of hydrogen-bond donors (Lipinski definition) is 0. The summed E-state index contributed by atoms with van der Waals surface area (Å²) >= 11 is 0. The molecule has 4 heteroatoms. The Kier molecular flexibility index (Phi) is 5.67. The van der Waals surface area contributed by atoms with E-state index in [0.29, 0.717) is 11.8 Å². The average molecular weight is 345 g/mol. The van der Waals surface area contributed by atoms with E-state index in [1.807, 2.05) is 25.7 Å². The van der Waals surface area contributed by atoms with Crippen molar-refractivity contribution in [2.45, 2.75) is 63.9 Å². The van der Waals surface area contributed by atoms with E-state index in [4.69, 9.17) is 9.47 Å². The molecule has 2 fully saturated rings. The Bertz CT molecular complexity index is 579. The van der Waals surface area contributed by atoms with Crippen molar-refractivity contribution in [1.82, 2.24) is 4.90 Å². The third-order valence-electron chi connectivity index (χ3n) is 5.24. The molecule has 0 saturated carbocycles. The van der Waals surface area contributed by atoms with E-state index in [-0.39, 0.29) is 6.09 Å². The second-order valence-electron chi connectivity index (χ2n) is 8.26. The van der Waals surface area contributed by atoms with Crippen LogP contribution in [0.15, 0.2) is 24.3 Å². The number of amides is 1. The van der Waals surface area contributed by atoms with Gasteiger partial charge in [-0.3, -0.25) is 0 Å². The highest BCUT2D eigenvalue weighted by molar-refractivity contribution is 5.68. The van der Waals surface area contributed by atoms with Crippen LogP contribution in [0.4, 0.5) is 4.79 Å². The molecule has 0 radical (unpaired) electrons. The lowest BCUT2D eigenvalue weighted by molar-refractivity contribution is 0.0204. The van der Waals surface area contributed by atoms with Crippen LogP contribution in [-0.2, 0) is 9.47 Å². The minimum absolute atomic E-state index is 0.177. The molecule has 0 aromatic heterocycles. The Morgan fingerprint density at radius 3 is 2.04 bits per heavy atom. The highest BCUT2D eigenvalue weighted by Gasteiger charge is 2.29. The highest BCUT2D eigenvalue weighted by Crippen LogP contribution is 2.37. The number of carbonyl (C=O) groups is 1. The molecule has 2 aliphatic rings. The van der Waals surface area contributed by atoms with Crippen LogP contribution in [0.3, 0.4) is 0 Å². The number of piperidine rings is 1. The summed E-state index contributed by atoms with van der Waals surface area (Å²) in [6.45, 7) is 9.06. The summed E-state index contributed by atoms with van der Waals surface area (Å²) in [6, 6.07) is 8.90. The smallest absolute Gasteiger partial charge is 0.410 e. The van der Waals surface area contributed by atoms with E-state index < -0.39 is 5.60 Å². The van der Waals surface area contributed by atoms with Gasteiger partial charge < -0.3 is 14.4 Å². The van der Waals surface area contributed by atoms with E-state index in [0.717, 1.165) is 52.0 Å². The van der Waals surface area contributed by atoms with Crippen molar-refractivity contribution >= 4 is 6.09 Å². The van der Waals surface area contributed by atoms with Gasteiger partial charge in [0, 0.05) is 26.3 Å². The third kappa shape index (κ3) is 4.75. The summed E-state index contributed by atoms with van der Waals surface area (Å²) in [5.41, 5.74) is 2.56. The lowest BCUT2D eigenvalue weighted by atomic mass is 9.80. The fourth-order valence-electron chi connectivity index (χ4n) is 3.96. The maximum absolute atomic E-state index is 12.3. The normalized spacial score (nSPS) is 20.5. The van der Waals surface area contributed by atoms with Gasteiger partial charge in [-0.1, -0.05) is 24.3 Å². The summed E-state index contributed by atoms with van der Waals surface area (Å²) in [5.74, 6) is 1.16. The summed E-state index contributed by atoms with van der Waals surface area (Å²) < 4.78 is 11.0. The largest absolute Gasteiger partial charge is 0.444 e. The Hall–Kier alpha value is -1.55. The van der Waals surface area contributed by atoms with Gasteiger partial charge in [0.05, 0.1) is 0 Å². The lowest BCUT2D eigenvalue weighted by Crippen LogP contribution is -2.41. The fraction of sp³-hybridized carbons (Fsp3) is 0.667. The van der Waals surface area contributed by atoms with Crippen LogP contribution in [0.25, 0.3) is 0 Å². The average Bonchev–Trinajstić information content (AvgIpc) is 2.61. The van der Waals surface area contributed by atoms with Gasteiger partial charge >= 0.3 is 6.09 Å². The minimum Gasteiger partial charge on any atom is -0.444 e. The number of nitrogens with zero attached hydrogens (tertiary/aromatic N) is 1. The standard InChI is InChI=1S/C21H31NO3/c1-21(2,3)25-20(23)22-12-8-16(9-13-22)18-6-4-5-7-19(18)17-10-14-24-15-11-17/h4-7,16-17H,8-15H2,1-3H3. The molecule has 0 spiro atoms. The molecule has 1 aromatic carbocycles. The summed E-state index contributed by atoms with van der Waals surface area (Å²) in [7, 11) is 0. The number of hydrogen-bond acceptors (Lipinski definition) is 3. The van der Waals surface area contributed by atoms with Gasteiger partial charge in [0.2, 0.25) is 0 Å². The van der Waals surface area contributed by atoms with Crippen LogP contribution >= 0.6 is 0 Å². The van der Waals surface area contributed by atoms with Crippen molar-refractivity contribution in [3.63, 3.8) is 0 Å². The first-order valence-corrected chi connectivity index (χ1v) is 9.58. The predicted octanol–water partition coefficient (Wildman–Crippen LogP) is 4.70. The van der Waals surface area contributed by atoms with E-state index in [2.05, 4.69) is 24.3 Å². The molecule has 2 aliphatic heterocycles. The van der Waals surface area contributed by atoms with Gasteiger partial charge in [-0.15, -0.1) is 0 Å². The van der Waals surface area contributed by atoms with Gasteiger partial charge in [-0.2, -0.15) is 0 Å². The molecule has 0 unspecified atom stereocenters. The Morgan fingerprint density at radius 1 is 1.00 bits per heavy atom. The van der Waals surface area contributed by atoms with Gasteiger partial charge in [0.15, 0.2) is 0 Å². The quantitative estimate of drug-likeness (QED) is 0.780. The van der Waals surface area contributed by atoms with Crippen molar-refractivity contribution in [2.24, 2.45) is 0 Å². The summed E-state index contributed by atoms with van der Waals surface area (Å²) in [5, 5.41) is 0. The van der Waals surface area contributed by atoms with Crippen LogP contribution in [0.5, 0.6) is 0 Å². The van der Waals surface area contributed by atoms with Gasteiger partial charge in [0.25, 0.3) is 0 Å². The first-order valence-electron chi connectivity index (χ1n) is 9.58. The van der Waals surface area contributed by atoms with Crippen LogP contribution in [-0.4, -0.2) is 42.9 Å². The third-order valence-corrected chi connectivity index (χ3v) is 5.24. The second kappa shape index (κ2) is 7.77. The number of benzene rings is 1.